The molecular formula is C14H19N5O3. The molecule has 0 aliphatic carbocycles. The van der Waals surface area contributed by atoms with Gasteiger partial charge in [-0.15, -0.1) is 0 Å². The Kier molecular flexibility index (Phi) is 4.59. The van der Waals surface area contributed by atoms with E-state index < -0.39 is 5.97 Å². The van der Waals surface area contributed by atoms with Crippen molar-refractivity contribution in [2.24, 2.45) is 7.05 Å². The van der Waals surface area contributed by atoms with Gasteiger partial charge in [0.25, 0.3) is 5.91 Å². The Morgan fingerprint density at radius 3 is 2.64 bits per heavy atom. The highest BCUT2D eigenvalue weighted by atomic mass is 16.4. The van der Waals surface area contributed by atoms with E-state index in [0.717, 1.165) is 11.3 Å². The third kappa shape index (κ3) is 3.51. The van der Waals surface area contributed by atoms with E-state index in [1.807, 2.05) is 14.0 Å². The molecule has 0 atom stereocenters. The van der Waals surface area contributed by atoms with Crippen LogP contribution in [0.3, 0.4) is 0 Å². The molecule has 0 aliphatic heterocycles. The summed E-state index contributed by atoms with van der Waals surface area (Å²) in [5.41, 5.74) is 2.43. The number of hydrogen-bond acceptors (Lipinski definition) is 4. The van der Waals surface area contributed by atoms with Crippen LogP contribution in [0.4, 0.5) is 0 Å². The van der Waals surface area contributed by atoms with Gasteiger partial charge in [0.15, 0.2) is 0 Å². The van der Waals surface area contributed by atoms with Crippen molar-refractivity contribution in [2.75, 3.05) is 7.05 Å². The van der Waals surface area contributed by atoms with E-state index in [0.29, 0.717) is 12.1 Å². The van der Waals surface area contributed by atoms with E-state index in [1.54, 1.807) is 29.0 Å². The van der Waals surface area contributed by atoms with E-state index in [1.165, 1.54) is 10.9 Å². The Hall–Kier alpha value is -2.64. The number of nitrogens with zero attached hydrogens (tertiary/aromatic N) is 5. The summed E-state index contributed by atoms with van der Waals surface area (Å²) >= 11 is 0. The van der Waals surface area contributed by atoms with Crippen LogP contribution in [0.25, 0.3) is 0 Å². The zero-order valence-electron chi connectivity index (χ0n) is 12.9. The van der Waals surface area contributed by atoms with Gasteiger partial charge in [-0.25, -0.2) is 0 Å². The van der Waals surface area contributed by atoms with Crippen molar-refractivity contribution in [3.8, 4) is 0 Å². The molecule has 8 heteroatoms. The number of rotatable bonds is 6. The van der Waals surface area contributed by atoms with Crippen molar-refractivity contribution >= 4 is 11.9 Å². The van der Waals surface area contributed by atoms with E-state index in [4.69, 9.17) is 5.11 Å². The number of aryl methyl sites for hydroxylation is 2. The van der Waals surface area contributed by atoms with Crippen LogP contribution in [0.2, 0.25) is 0 Å². The highest BCUT2D eigenvalue weighted by Crippen LogP contribution is 2.11. The van der Waals surface area contributed by atoms with Gasteiger partial charge in [0.05, 0.1) is 30.9 Å². The fourth-order valence-electron chi connectivity index (χ4n) is 2.05. The van der Waals surface area contributed by atoms with Crippen LogP contribution < -0.4 is 0 Å². The monoisotopic (exact) mass is 305 g/mol. The Morgan fingerprint density at radius 1 is 1.32 bits per heavy atom. The molecule has 0 saturated heterocycles. The van der Waals surface area contributed by atoms with Crippen LogP contribution in [-0.2, 0) is 24.9 Å². The van der Waals surface area contributed by atoms with Crippen molar-refractivity contribution in [1.29, 1.82) is 0 Å². The number of carbonyl (C=O) groups excluding carboxylic acids is 1. The molecule has 0 unspecified atom stereocenters. The number of carboxylic acids is 1. The molecule has 2 aromatic rings. The quantitative estimate of drug-likeness (QED) is 0.846. The van der Waals surface area contributed by atoms with Gasteiger partial charge in [-0.3, -0.25) is 19.0 Å². The molecule has 2 heterocycles. The maximum atomic E-state index is 12.3. The molecule has 2 rings (SSSR count). The van der Waals surface area contributed by atoms with Gasteiger partial charge in [-0.1, -0.05) is 0 Å². The van der Waals surface area contributed by atoms with Gasteiger partial charge in [-0.2, -0.15) is 10.2 Å². The van der Waals surface area contributed by atoms with Crippen molar-refractivity contribution in [1.82, 2.24) is 24.5 Å². The van der Waals surface area contributed by atoms with Crippen molar-refractivity contribution in [3.05, 3.63) is 35.4 Å². The van der Waals surface area contributed by atoms with Crippen LogP contribution in [0, 0.1) is 6.92 Å². The lowest BCUT2D eigenvalue weighted by molar-refractivity contribution is -0.137. The number of carboxylic acid groups (broad SMARTS) is 1. The van der Waals surface area contributed by atoms with Crippen LogP contribution in [-0.4, -0.2) is 48.5 Å². The lowest BCUT2D eigenvalue weighted by Crippen LogP contribution is -2.26. The van der Waals surface area contributed by atoms with Crippen molar-refractivity contribution in [3.63, 3.8) is 0 Å². The molecule has 118 valence electrons. The van der Waals surface area contributed by atoms with Gasteiger partial charge < -0.3 is 10.0 Å². The summed E-state index contributed by atoms with van der Waals surface area (Å²) in [5, 5.41) is 16.8. The fraction of sp³-hybridized carbons (Fsp3) is 0.429. The molecule has 8 nitrogen and oxygen atoms in total. The second-order valence-corrected chi connectivity index (χ2v) is 5.18. The minimum absolute atomic E-state index is 0.0277. The molecule has 1 amide bonds. The Balaban J connectivity index is 2.01. The number of carbonyl (C=O) groups is 2. The van der Waals surface area contributed by atoms with E-state index in [9.17, 15) is 9.59 Å². The number of amides is 1. The van der Waals surface area contributed by atoms with Gasteiger partial charge in [0.2, 0.25) is 0 Å². The average molecular weight is 305 g/mol. The molecular weight excluding hydrogens is 286 g/mol. The first-order chi connectivity index (χ1) is 10.4. The molecule has 0 bridgehead atoms. The molecule has 0 radical (unpaired) electrons. The number of aromatic nitrogens is 4. The highest BCUT2D eigenvalue weighted by Gasteiger charge is 2.16. The first kappa shape index (κ1) is 15.7. The maximum absolute atomic E-state index is 12.3. The zero-order valence-corrected chi connectivity index (χ0v) is 12.9. The van der Waals surface area contributed by atoms with Crippen LogP contribution in [0.1, 0.15) is 28.0 Å². The number of hydrogen-bond donors (Lipinski definition) is 1. The maximum Gasteiger partial charge on any atom is 0.305 e. The zero-order chi connectivity index (χ0) is 16.3. The van der Waals surface area contributed by atoms with Gasteiger partial charge in [0.1, 0.15) is 0 Å². The molecule has 0 fully saturated rings. The molecule has 1 N–H and O–H groups in total. The smallest absolute Gasteiger partial charge is 0.305 e. The first-order valence-electron chi connectivity index (χ1n) is 6.85. The summed E-state index contributed by atoms with van der Waals surface area (Å²) in [5.74, 6) is -1.06. The third-order valence-corrected chi connectivity index (χ3v) is 3.53. The average Bonchev–Trinajstić information content (AvgIpc) is 3.06. The predicted molar refractivity (Wildman–Crippen MR) is 78.2 cm³/mol. The predicted octanol–water partition coefficient (Wildman–Crippen LogP) is 0.672. The normalized spacial score (nSPS) is 10.7. The van der Waals surface area contributed by atoms with Crippen LogP contribution in [0.5, 0.6) is 0 Å². The number of aliphatic carboxylic acids is 1. The Bertz CT molecular complexity index is 688. The molecule has 0 spiro atoms. The SMILES string of the molecule is Cc1c(CN(C)C(=O)c2cnn(CCC(=O)O)c2)cnn1C. The third-order valence-electron chi connectivity index (χ3n) is 3.53. The lowest BCUT2D eigenvalue weighted by Gasteiger charge is -2.15. The largest absolute Gasteiger partial charge is 0.481 e. The minimum Gasteiger partial charge on any atom is -0.481 e. The molecule has 0 saturated carbocycles. The summed E-state index contributed by atoms with van der Waals surface area (Å²) < 4.78 is 3.22. The fourth-order valence-corrected chi connectivity index (χ4v) is 2.05. The summed E-state index contributed by atoms with van der Waals surface area (Å²) in [6.45, 7) is 2.65. The highest BCUT2D eigenvalue weighted by molar-refractivity contribution is 5.93. The van der Waals surface area contributed by atoms with E-state index >= 15 is 0 Å². The van der Waals surface area contributed by atoms with Gasteiger partial charge >= 0.3 is 5.97 Å². The topological polar surface area (TPSA) is 93.2 Å². The first-order valence-corrected chi connectivity index (χ1v) is 6.85. The molecule has 2 aromatic heterocycles. The van der Waals surface area contributed by atoms with Gasteiger partial charge in [-0.05, 0) is 6.92 Å². The Morgan fingerprint density at radius 2 is 2.05 bits per heavy atom. The van der Waals surface area contributed by atoms with Crippen molar-refractivity contribution < 1.29 is 14.7 Å². The van der Waals surface area contributed by atoms with Crippen LogP contribution in [0.15, 0.2) is 18.6 Å². The summed E-state index contributed by atoms with van der Waals surface area (Å²) in [6, 6.07) is 0. The van der Waals surface area contributed by atoms with Crippen molar-refractivity contribution in [2.45, 2.75) is 26.4 Å². The lowest BCUT2D eigenvalue weighted by atomic mass is 10.2. The van der Waals surface area contributed by atoms with E-state index in [2.05, 4.69) is 10.2 Å². The summed E-state index contributed by atoms with van der Waals surface area (Å²) in [7, 11) is 3.57. The van der Waals surface area contributed by atoms with Gasteiger partial charge in [0, 0.05) is 38.1 Å². The second kappa shape index (κ2) is 6.42. The minimum atomic E-state index is -0.896. The molecule has 0 aliphatic rings. The molecule has 22 heavy (non-hydrogen) atoms. The Labute approximate surface area is 127 Å². The van der Waals surface area contributed by atoms with Crippen LogP contribution >= 0.6 is 0 Å². The summed E-state index contributed by atoms with van der Waals surface area (Å²) in [4.78, 5) is 24.5. The second-order valence-electron chi connectivity index (χ2n) is 5.18. The summed E-state index contributed by atoms with van der Waals surface area (Å²) in [6.07, 6.45) is 4.74. The standard InChI is InChI=1S/C14H19N5O3/c1-10-11(6-15-18(10)3)8-17(2)14(22)12-7-16-19(9-12)5-4-13(20)21/h6-7,9H,4-5,8H2,1-3H3,(H,20,21). The molecule has 0 aromatic carbocycles. The van der Waals surface area contributed by atoms with E-state index in [-0.39, 0.29) is 18.9 Å².